The first-order chi connectivity index (χ1) is 13.7. The van der Waals surface area contributed by atoms with E-state index in [1.807, 2.05) is 42.5 Å². The number of carbonyl (C=O) groups excluding carboxylic acids is 1. The van der Waals surface area contributed by atoms with E-state index < -0.39 is 0 Å². The van der Waals surface area contributed by atoms with Gasteiger partial charge < -0.3 is 15.4 Å². The Morgan fingerprint density at radius 3 is 2.46 bits per heavy atom. The molecule has 0 aliphatic heterocycles. The Bertz CT molecular complexity index is 906. The standard InChI is InChI=1S/C23H25N3O2/c1-3-17-7-9-19(10-8-17)26-20-11-12-22(25-16-20)23(27)24-14-13-18-5-4-6-21(15-18)28-2/h4-12,15-16,26H,3,13-14H2,1-2H3,(H,24,27). The lowest BCUT2D eigenvalue weighted by atomic mass is 10.1. The van der Waals surface area contributed by atoms with Crippen LogP contribution in [0.5, 0.6) is 5.75 Å². The molecule has 0 aliphatic carbocycles. The maximum absolute atomic E-state index is 12.3. The van der Waals surface area contributed by atoms with Crippen LogP contribution < -0.4 is 15.4 Å². The van der Waals surface area contributed by atoms with Crippen molar-refractivity contribution in [2.24, 2.45) is 0 Å². The Labute approximate surface area is 165 Å². The van der Waals surface area contributed by atoms with Crippen LogP contribution in [0.15, 0.2) is 66.9 Å². The van der Waals surface area contributed by atoms with E-state index >= 15 is 0 Å². The zero-order valence-corrected chi connectivity index (χ0v) is 16.2. The van der Waals surface area contributed by atoms with E-state index in [-0.39, 0.29) is 5.91 Å². The fourth-order valence-corrected chi connectivity index (χ4v) is 2.83. The van der Waals surface area contributed by atoms with Crippen molar-refractivity contribution in [2.75, 3.05) is 19.0 Å². The lowest BCUT2D eigenvalue weighted by molar-refractivity contribution is 0.0949. The number of anilines is 2. The predicted octanol–water partition coefficient (Wildman–Crippen LogP) is 4.37. The Hall–Kier alpha value is -3.34. The van der Waals surface area contributed by atoms with Gasteiger partial charge in [-0.25, -0.2) is 4.98 Å². The number of pyridine rings is 1. The second-order valence-electron chi connectivity index (χ2n) is 6.47. The van der Waals surface area contributed by atoms with Crippen molar-refractivity contribution in [1.82, 2.24) is 10.3 Å². The monoisotopic (exact) mass is 375 g/mol. The first-order valence-corrected chi connectivity index (χ1v) is 9.41. The summed E-state index contributed by atoms with van der Waals surface area (Å²) in [5.74, 6) is 0.639. The van der Waals surface area contributed by atoms with Gasteiger partial charge in [0.1, 0.15) is 11.4 Å². The maximum Gasteiger partial charge on any atom is 0.269 e. The fraction of sp³-hybridized carbons (Fsp3) is 0.217. The summed E-state index contributed by atoms with van der Waals surface area (Å²) in [5, 5.41) is 6.19. The largest absolute Gasteiger partial charge is 0.497 e. The third kappa shape index (κ3) is 5.33. The van der Waals surface area contributed by atoms with Gasteiger partial charge in [0.15, 0.2) is 0 Å². The van der Waals surface area contributed by atoms with Gasteiger partial charge >= 0.3 is 0 Å². The fourth-order valence-electron chi connectivity index (χ4n) is 2.83. The number of carbonyl (C=O) groups is 1. The van der Waals surface area contributed by atoms with E-state index in [1.54, 1.807) is 19.4 Å². The van der Waals surface area contributed by atoms with Crippen molar-refractivity contribution < 1.29 is 9.53 Å². The smallest absolute Gasteiger partial charge is 0.269 e. The van der Waals surface area contributed by atoms with Gasteiger partial charge in [-0.1, -0.05) is 31.2 Å². The normalized spacial score (nSPS) is 10.4. The summed E-state index contributed by atoms with van der Waals surface area (Å²) in [4.78, 5) is 16.5. The van der Waals surface area contributed by atoms with E-state index in [9.17, 15) is 4.79 Å². The molecular weight excluding hydrogens is 350 g/mol. The second-order valence-corrected chi connectivity index (χ2v) is 6.47. The van der Waals surface area contributed by atoms with E-state index in [2.05, 4.69) is 34.7 Å². The van der Waals surface area contributed by atoms with Crippen LogP contribution in [0.1, 0.15) is 28.5 Å². The number of aromatic nitrogens is 1. The highest BCUT2D eigenvalue weighted by molar-refractivity contribution is 5.92. The van der Waals surface area contributed by atoms with Crippen LogP contribution in [0, 0.1) is 0 Å². The molecule has 2 N–H and O–H groups in total. The molecule has 144 valence electrons. The summed E-state index contributed by atoms with van der Waals surface area (Å²) < 4.78 is 5.21. The number of benzene rings is 2. The van der Waals surface area contributed by atoms with Gasteiger partial charge in [-0.2, -0.15) is 0 Å². The number of hydrogen-bond donors (Lipinski definition) is 2. The van der Waals surface area contributed by atoms with E-state index in [0.717, 1.165) is 35.5 Å². The van der Waals surface area contributed by atoms with Gasteiger partial charge in [-0.3, -0.25) is 4.79 Å². The molecule has 0 aliphatic rings. The Kier molecular flexibility index (Phi) is 6.63. The molecule has 0 radical (unpaired) electrons. The molecule has 5 heteroatoms. The SMILES string of the molecule is CCc1ccc(Nc2ccc(C(=O)NCCc3cccc(OC)c3)nc2)cc1. The van der Waals surface area contributed by atoms with E-state index in [4.69, 9.17) is 4.74 Å². The molecule has 0 unspecified atom stereocenters. The molecule has 3 aromatic rings. The molecule has 0 saturated carbocycles. The van der Waals surface area contributed by atoms with Crippen LogP contribution >= 0.6 is 0 Å². The Balaban J connectivity index is 1.51. The molecule has 1 aromatic heterocycles. The highest BCUT2D eigenvalue weighted by Crippen LogP contribution is 2.17. The van der Waals surface area contributed by atoms with Crippen molar-refractivity contribution >= 4 is 17.3 Å². The molecule has 3 rings (SSSR count). The molecule has 0 saturated heterocycles. The number of rotatable bonds is 8. The summed E-state index contributed by atoms with van der Waals surface area (Å²) in [7, 11) is 1.64. The van der Waals surface area contributed by atoms with Gasteiger partial charge in [-0.05, 0) is 60.4 Å². The van der Waals surface area contributed by atoms with Crippen LogP contribution in [0.4, 0.5) is 11.4 Å². The summed E-state index contributed by atoms with van der Waals surface area (Å²) in [6.07, 6.45) is 3.42. The highest BCUT2D eigenvalue weighted by atomic mass is 16.5. The average molecular weight is 375 g/mol. The molecule has 5 nitrogen and oxygen atoms in total. The minimum atomic E-state index is -0.179. The first kappa shape index (κ1) is 19.4. The van der Waals surface area contributed by atoms with Gasteiger partial charge in [-0.15, -0.1) is 0 Å². The van der Waals surface area contributed by atoms with Crippen LogP contribution in [0.25, 0.3) is 0 Å². The molecule has 2 aromatic carbocycles. The average Bonchev–Trinajstić information content (AvgIpc) is 2.75. The number of methoxy groups -OCH3 is 1. The first-order valence-electron chi connectivity index (χ1n) is 9.41. The maximum atomic E-state index is 12.3. The Morgan fingerprint density at radius 2 is 1.79 bits per heavy atom. The topological polar surface area (TPSA) is 63.2 Å². The molecular formula is C23H25N3O2. The second kappa shape index (κ2) is 9.55. The quantitative estimate of drug-likeness (QED) is 0.614. The Morgan fingerprint density at radius 1 is 1.00 bits per heavy atom. The van der Waals surface area contributed by atoms with Crippen LogP contribution in [-0.4, -0.2) is 24.5 Å². The zero-order chi connectivity index (χ0) is 19.8. The van der Waals surface area contributed by atoms with Crippen LogP contribution in [0.2, 0.25) is 0 Å². The van der Waals surface area contributed by atoms with Gasteiger partial charge in [0.25, 0.3) is 5.91 Å². The third-order valence-electron chi connectivity index (χ3n) is 4.48. The zero-order valence-electron chi connectivity index (χ0n) is 16.2. The summed E-state index contributed by atoms with van der Waals surface area (Å²) in [6, 6.07) is 19.7. The van der Waals surface area contributed by atoms with Crippen LogP contribution in [-0.2, 0) is 12.8 Å². The number of aryl methyl sites for hydroxylation is 1. The minimum Gasteiger partial charge on any atom is -0.497 e. The van der Waals surface area contributed by atoms with Crippen molar-refractivity contribution in [3.05, 3.63) is 83.7 Å². The van der Waals surface area contributed by atoms with Gasteiger partial charge in [0, 0.05) is 12.2 Å². The van der Waals surface area contributed by atoms with Crippen molar-refractivity contribution in [2.45, 2.75) is 19.8 Å². The number of hydrogen-bond acceptors (Lipinski definition) is 4. The third-order valence-corrected chi connectivity index (χ3v) is 4.48. The van der Waals surface area contributed by atoms with Gasteiger partial charge in [0.05, 0.1) is 19.0 Å². The molecule has 0 spiro atoms. The molecule has 1 amide bonds. The van der Waals surface area contributed by atoms with E-state index in [1.165, 1.54) is 5.56 Å². The summed E-state index contributed by atoms with van der Waals surface area (Å²) in [6.45, 7) is 2.67. The summed E-state index contributed by atoms with van der Waals surface area (Å²) in [5.41, 5.74) is 4.65. The van der Waals surface area contributed by atoms with Crippen LogP contribution in [0.3, 0.4) is 0 Å². The molecule has 0 bridgehead atoms. The molecule has 1 heterocycles. The van der Waals surface area contributed by atoms with Crippen molar-refractivity contribution in [1.29, 1.82) is 0 Å². The predicted molar refractivity (Wildman–Crippen MR) is 112 cm³/mol. The van der Waals surface area contributed by atoms with Crippen molar-refractivity contribution in [3.8, 4) is 5.75 Å². The molecule has 28 heavy (non-hydrogen) atoms. The number of nitrogens with zero attached hydrogens (tertiary/aromatic N) is 1. The van der Waals surface area contributed by atoms with Gasteiger partial charge in [0.2, 0.25) is 0 Å². The number of ether oxygens (including phenoxy) is 1. The molecule has 0 fully saturated rings. The number of nitrogens with one attached hydrogen (secondary N) is 2. The lowest BCUT2D eigenvalue weighted by Crippen LogP contribution is -2.26. The molecule has 0 atom stereocenters. The number of amides is 1. The highest BCUT2D eigenvalue weighted by Gasteiger charge is 2.07. The minimum absolute atomic E-state index is 0.179. The van der Waals surface area contributed by atoms with E-state index in [0.29, 0.717) is 12.2 Å². The summed E-state index contributed by atoms with van der Waals surface area (Å²) >= 11 is 0. The van der Waals surface area contributed by atoms with Crippen molar-refractivity contribution in [3.63, 3.8) is 0 Å². The lowest BCUT2D eigenvalue weighted by Gasteiger charge is -2.09.